The highest BCUT2D eigenvalue weighted by Gasteiger charge is 2.13. The average Bonchev–Trinajstić information content (AvgIpc) is 3.40. The molecule has 0 fully saturated rings. The highest BCUT2D eigenvalue weighted by molar-refractivity contribution is 7.84. The Kier molecular flexibility index (Phi) is 12.7. The zero-order valence-corrected chi connectivity index (χ0v) is 27.8. The minimum absolute atomic E-state index is 0.0309. The van der Waals surface area contributed by atoms with Crippen molar-refractivity contribution in [2.75, 3.05) is 26.9 Å². The zero-order chi connectivity index (χ0) is 32.2. The Morgan fingerprint density at radius 1 is 0.956 bits per heavy atom. The molecule has 4 rings (SSSR count). The highest BCUT2D eigenvalue weighted by atomic mass is 32.2. The van der Waals surface area contributed by atoms with Crippen molar-refractivity contribution >= 4 is 22.7 Å². The van der Waals surface area contributed by atoms with E-state index in [0.29, 0.717) is 19.0 Å². The number of allylic oxidation sites excluding steroid dienone is 1. The van der Waals surface area contributed by atoms with Crippen LogP contribution in [-0.4, -0.2) is 46.5 Å². The van der Waals surface area contributed by atoms with E-state index in [-0.39, 0.29) is 12.2 Å². The van der Waals surface area contributed by atoms with E-state index in [9.17, 15) is 9.00 Å². The first-order valence-electron chi connectivity index (χ1n) is 15.5. The summed E-state index contributed by atoms with van der Waals surface area (Å²) in [6, 6.07) is 19.5. The molecule has 0 saturated heterocycles. The summed E-state index contributed by atoms with van der Waals surface area (Å²) in [6.07, 6.45) is 7.63. The van der Waals surface area contributed by atoms with Crippen molar-refractivity contribution in [2.45, 2.75) is 64.2 Å². The fraction of sp³-hybridized carbons (Fsp3) is 0.351. The number of carbonyl (C=O) groups excluding carboxylic acids is 1. The van der Waals surface area contributed by atoms with Gasteiger partial charge in [-0.2, -0.15) is 0 Å². The Hall–Kier alpha value is -4.01. The molecular formula is C37H44N2O5S. The van der Waals surface area contributed by atoms with E-state index in [1.165, 1.54) is 0 Å². The number of unbranched alkanes of at least 4 members (excludes halogenated alkanes) is 1. The van der Waals surface area contributed by atoms with Gasteiger partial charge in [0.2, 0.25) is 0 Å². The minimum atomic E-state index is -1.20. The van der Waals surface area contributed by atoms with Gasteiger partial charge in [0.15, 0.2) is 5.78 Å². The molecular weight excluding hydrogens is 584 g/mol. The van der Waals surface area contributed by atoms with Crippen molar-refractivity contribution in [1.82, 2.24) is 9.55 Å². The van der Waals surface area contributed by atoms with Gasteiger partial charge >= 0.3 is 0 Å². The third-order valence-electron chi connectivity index (χ3n) is 7.61. The summed E-state index contributed by atoms with van der Waals surface area (Å²) in [4.78, 5) is 18.0. The Bertz CT molecular complexity index is 1610. The maximum atomic E-state index is 13.0. The number of carbonyl (C=O) groups is 1. The molecule has 8 heteroatoms. The number of methoxy groups -OCH3 is 1. The monoisotopic (exact) mass is 628 g/mol. The second kappa shape index (κ2) is 16.9. The molecule has 4 aromatic rings. The molecule has 238 valence electrons. The number of ketones is 1. The van der Waals surface area contributed by atoms with Crippen molar-refractivity contribution < 1.29 is 23.2 Å². The summed E-state index contributed by atoms with van der Waals surface area (Å²) in [5.41, 5.74) is 6.63. The summed E-state index contributed by atoms with van der Waals surface area (Å²) in [6.45, 7) is 10.8. The Morgan fingerprint density at radius 2 is 1.71 bits per heavy atom. The van der Waals surface area contributed by atoms with E-state index >= 15 is 0 Å². The van der Waals surface area contributed by atoms with Crippen LogP contribution in [0, 0.1) is 13.8 Å². The van der Waals surface area contributed by atoms with Crippen molar-refractivity contribution in [3.05, 3.63) is 101 Å². The molecule has 7 nitrogen and oxygen atoms in total. The van der Waals surface area contributed by atoms with Gasteiger partial charge < -0.3 is 18.8 Å². The number of hydrogen-bond acceptors (Lipinski definition) is 6. The molecule has 0 aliphatic carbocycles. The van der Waals surface area contributed by atoms with Crippen LogP contribution in [-0.2, 0) is 39.0 Å². The summed E-state index contributed by atoms with van der Waals surface area (Å²) >= 11 is 0. The van der Waals surface area contributed by atoms with Crippen LogP contribution in [0.15, 0.2) is 78.0 Å². The van der Waals surface area contributed by atoms with E-state index in [0.717, 1.165) is 81.6 Å². The van der Waals surface area contributed by atoms with Crippen molar-refractivity contribution in [3.63, 3.8) is 0 Å². The molecule has 0 bridgehead atoms. The van der Waals surface area contributed by atoms with Crippen LogP contribution in [0.2, 0.25) is 0 Å². The maximum absolute atomic E-state index is 13.0. The lowest BCUT2D eigenvalue weighted by Crippen LogP contribution is -2.07. The third kappa shape index (κ3) is 9.49. The third-order valence-corrected chi connectivity index (χ3v) is 8.94. The SMILES string of the molecule is CCCCOCCOc1ccc(-c2cc(C)c(OC)c(/C=C/C(=O)Cc3ccc([S@@](=O)Cc4c(C)ncn4CC)cc3)c2)cc1. The maximum Gasteiger partial charge on any atom is 0.160 e. The first kappa shape index (κ1) is 33.9. The van der Waals surface area contributed by atoms with E-state index in [1.54, 1.807) is 19.5 Å². The number of aryl methyl sites for hydroxylation is 3. The molecule has 0 unspecified atom stereocenters. The molecule has 1 heterocycles. The number of rotatable bonds is 17. The average molecular weight is 629 g/mol. The van der Waals surface area contributed by atoms with Crippen LogP contribution < -0.4 is 9.47 Å². The molecule has 0 radical (unpaired) electrons. The van der Waals surface area contributed by atoms with Crippen LogP contribution in [0.5, 0.6) is 11.5 Å². The number of imidazole rings is 1. The second-order valence-corrected chi connectivity index (χ2v) is 12.4. The van der Waals surface area contributed by atoms with Gasteiger partial charge in [-0.15, -0.1) is 0 Å². The normalized spacial score (nSPS) is 12.0. The molecule has 0 aliphatic heterocycles. The molecule has 0 N–H and O–H groups in total. The molecule has 0 saturated carbocycles. The van der Waals surface area contributed by atoms with Gasteiger partial charge in [-0.05, 0) is 98.0 Å². The molecule has 0 spiro atoms. The highest BCUT2D eigenvalue weighted by Crippen LogP contribution is 2.32. The fourth-order valence-electron chi connectivity index (χ4n) is 5.06. The number of aromatic nitrogens is 2. The predicted octanol–water partition coefficient (Wildman–Crippen LogP) is 7.52. The number of nitrogens with zero attached hydrogens (tertiary/aromatic N) is 2. The van der Waals surface area contributed by atoms with Gasteiger partial charge in [0.25, 0.3) is 0 Å². The molecule has 3 aromatic carbocycles. The van der Waals surface area contributed by atoms with Gasteiger partial charge in [0, 0.05) is 30.0 Å². The first-order valence-corrected chi connectivity index (χ1v) is 16.8. The lowest BCUT2D eigenvalue weighted by Gasteiger charge is -2.13. The summed E-state index contributed by atoms with van der Waals surface area (Å²) in [5.74, 6) is 1.91. The van der Waals surface area contributed by atoms with E-state index < -0.39 is 10.8 Å². The number of benzene rings is 3. The van der Waals surface area contributed by atoms with E-state index in [1.807, 2.05) is 86.0 Å². The zero-order valence-electron chi connectivity index (χ0n) is 27.0. The smallest absolute Gasteiger partial charge is 0.160 e. The van der Waals surface area contributed by atoms with Crippen LogP contribution in [0.25, 0.3) is 17.2 Å². The van der Waals surface area contributed by atoms with Gasteiger partial charge in [0.1, 0.15) is 18.1 Å². The molecule has 1 atom stereocenters. The topological polar surface area (TPSA) is 79.7 Å². The van der Waals surface area contributed by atoms with Gasteiger partial charge in [-0.1, -0.05) is 37.6 Å². The molecule has 45 heavy (non-hydrogen) atoms. The van der Waals surface area contributed by atoms with Crippen molar-refractivity contribution in [3.8, 4) is 22.6 Å². The Labute approximate surface area is 269 Å². The quantitative estimate of drug-likeness (QED) is 0.0889. The summed E-state index contributed by atoms with van der Waals surface area (Å²) in [5, 5.41) is 0. The van der Waals surface area contributed by atoms with Crippen molar-refractivity contribution in [1.29, 1.82) is 0 Å². The summed E-state index contributed by atoms with van der Waals surface area (Å²) < 4.78 is 32.1. The lowest BCUT2D eigenvalue weighted by atomic mass is 9.98. The first-order chi connectivity index (χ1) is 21.8. The Morgan fingerprint density at radius 3 is 2.40 bits per heavy atom. The largest absolute Gasteiger partial charge is 0.496 e. The standard InChI is InChI=1S/C37H44N2O5S/c1-6-8-19-43-20-21-44-34-15-12-30(13-16-34)32-22-27(3)37(42-5)31(24-32)11-14-33(40)23-29-9-17-35(18-10-29)45(41)25-36-28(4)38-26-39(36)7-2/h9-18,22,24,26H,6-8,19-21,23,25H2,1-5H3/b14-11+/t45-/m0/s1. The molecule has 0 amide bonds. The fourth-order valence-corrected chi connectivity index (χ4v) is 6.29. The van der Waals surface area contributed by atoms with Crippen LogP contribution in [0.1, 0.15) is 54.8 Å². The van der Waals surface area contributed by atoms with Gasteiger partial charge in [0.05, 0.1) is 48.0 Å². The predicted molar refractivity (Wildman–Crippen MR) is 181 cm³/mol. The molecule has 0 aliphatic rings. The lowest BCUT2D eigenvalue weighted by molar-refractivity contribution is -0.113. The van der Waals surface area contributed by atoms with Crippen LogP contribution in [0.3, 0.4) is 0 Å². The van der Waals surface area contributed by atoms with Crippen LogP contribution in [0.4, 0.5) is 0 Å². The second-order valence-electron chi connectivity index (χ2n) is 10.9. The van der Waals surface area contributed by atoms with Gasteiger partial charge in [-0.25, -0.2) is 4.98 Å². The van der Waals surface area contributed by atoms with E-state index in [2.05, 4.69) is 18.0 Å². The van der Waals surface area contributed by atoms with Gasteiger partial charge in [-0.3, -0.25) is 9.00 Å². The van der Waals surface area contributed by atoms with Crippen molar-refractivity contribution in [2.24, 2.45) is 0 Å². The number of hydrogen-bond donors (Lipinski definition) is 0. The number of ether oxygens (including phenoxy) is 3. The molecule has 1 aromatic heterocycles. The minimum Gasteiger partial charge on any atom is -0.496 e. The van der Waals surface area contributed by atoms with E-state index in [4.69, 9.17) is 14.2 Å². The van der Waals surface area contributed by atoms with Crippen LogP contribution >= 0.6 is 0 Å². The summed E-state index contributed by atoms with van der Waals surface area (Å²) in [7, 11) is 0.442. The Balaban J connectivity index is 1.38.